The molecule has 0 radical (unpaired) electrons. The maximum absolute atomic E-state index is 12.1. The summed E-state index contributed by atoms with van der Waals surface area (Å²) in [5.74, 6) is 1.43. The van der Waals surface area contributed by atoms with E-state index in [0.717, 1.165) is 23.5 Å². The fourth-order valence-electron chi connectivity index (χ4n) is 2.05. The lowest BCUT2D eigenvalue weighted by molar-refractivity contribution is 0.462. The molecule has 0 aromatic carbocycles. The van der Waals surface area contributed by atoms with E-state index in [1.54, 1.807) is 0 Å². The van der Waals surface area contributed by atoms with Crippen LogP contribution in [-0.4, -0.2) is 50.3 Å². The molecular weight excluding hydrogens is 376 g/mol. The van der Waals surface area contributed by atoms with Crippen LogP contribution in [0.2, 0.25) is 0 Å². The largest absolute Gasteiger partial charge is 0.357 e. The average Bonchev–Trinajstić information content (AvgIpc) is 2.74. The summed E-state index contributed by atoms with van der Waals surface area (Å²) in [4.78, 5) is 6.71. The summed E-state index contributed by atoms with van der Waals surface area (Å²) in [6, 6.07) is 2.11. The lowest BCUT2D eigenvalue weighted by Crippen LogP contribution is -2.39. The summed E-state index contributed by atoms with van der Waals surface area (Å²) in [5.41, 5.74) is 1.20. The quantitative estimate of drug-likeness (QED) is 0.585. The lowest BCUT2D eigenvalue weighted by atomic mass is 10.3. The van der Waals surface area contributed by atoms with Gasteiger partial charge in [0.25, 0.3) is 0 Å². The van der Waals surface area contributed by atoms with Crippen molar-refractivity contribution in [2.45, 2.75) is 39.0 Å². The van der Waals surface area contributed by atoms with E-state index in [4.69, 9.17) is 0 Å². The zero-order chi connectivity index (χ0) is 17.6. The predicted molar refractivity (Wildman–Crippen MR) is 103 cm³/mol. The van der Waals surface area contributed by atoms with E-state index >= 15 is 0 Å². The number of nitrogens with one attached hydrogen (secondary N) is 1. The van der Waals surface area contributed by atoms with E-state index in [9.17, 15) is 4.21 Å². The molecule has 1 aromatic rings. The van der Waals surface area contributed by atoms with E-state index in [0.29, 0.717) is 12.3 Å². The first-order valence-corrected chi connectivity index (χ1v) is 9.95. The predicted octanol–water partition coefficient (Wildman–Crippen LogP) is 2.73. The van der Waals surface area contributed by atoms with Crippen molar-refractivity contribution in [3.8, 4) is 0 Å². The Morgan fingerprint density at radius 3 is 2.61 bits per heavy atom. The van der Waals surface area contributed by atoms with Gasteiger partial charge in [-0.1, -0.05) is 0 Å². The first-order valence-electron chi connectivity index (χ1n) is 7.83. The number of halogens is 1. The Morgan fingerprint density at radius 1 is 1.48 bits per heavy atom. The highest BCUT2D eigenvalue weighted by Crippen LogP contribution is 2.15. The third-order valence-corrected chi connectivity index (χ3v) is 5.74. The van der Waals surface area contributed by atoms with Gasteiger partial charge in [-0.15, -0.1) is 0 Å². The van der Waals surface area contributed by atoms with Crippen LogP contribution in [0.1, 0.15) is 33.4 Å². The van der Waals surface area contributed by atoms with Crippen molar-refractivity contribution >= 4 is 32.7 Å². The molecule has 0 aliphatic rings. The maximum atomic E-state index is 12.1. The van der Waals surface area contributed by atoms with Gasteiger partial charge in [-0.3, -0.25) is 9.20 Å². The Kier molecular flexibility index (Phi) is 7.80. The topological polar surface area (TPSA) is 49.6 Å². The number of hydrogen-bond acceptors (Lipinski definition) is 2. The second kappa shape index (κ2) is 8.87. The van der Waals surface area contributed by atoms with E-state index in [-0.39, 0.29) is 4.75 Å². The summed E-state index contributed by atoms with van der Waals surface area (Å²) in [6.07, 6.45) is 2.04. The average molecular weight is 405 g/mol. The van der Waals surface area contributed by atoms with Crippen molar-refractivity contribution in [2.75, 3.05) is 25.9 Å². The Hall–Kier alpha value is -0.820. The highest BCUT2D eigenvalue weighted by Gasteiger charge is 2.18. The van der Waals surface area contributed by atoms with Gasteiger partial charge in [0.05, 0.1) is 13.1 Å². The molecule has 1 N–H and O–H groups in total. The first kappa shape index (κ1) is 20.2. The van der Waals surface area contributed by atoms with Crippen LogP contribution < -0.4 is 5.32 Å². The van der Waals surface area contributed by atoms with Crippen molar-refractivity contribution < 1.29 is 4.21 Å². The molecule has 0 aliphatic heterocycles. The highest BCUT2D eigenvalue weighted by atomic mass is 79.9. The van der Waals surface area contributed by atoms with Gasteiger partial charge in [-0.2, -0.15) is 0 Å². The Bertz CT molecular complexity index is 563. The van der Waals surface area contributed by atoms with Gasteiger partial charge in [-0.25, -0.2) is 0 Å². The molecule has 5 nitrogen and oxygen atoms in total. The van der Waals surface area contributed by atoms with E-state index < -0.39 is 10.8 Å². The summed E-state index contributed by atoms with van der Waals surface area (Å²) in [6.45, 7) is 10.2. The van der Waals surface area contributed by atoms with Crippen LogP contribution >= 0.6 is 15.9 Å². The molecule has 0 bridgehead atoms. The number of hydrogen-bond donors (Lipinski definition) is 1. The van der Waals surface area contributed by atoms with Crippen LogP contribution in [0.25, 0.3) is 0 Å². The molecule has 1 rings (SSSR count). The van der Waals surface area contributed by atoms with Crippen LogP contribution in [0, 0.1) is 0 Å². The minimum atomic E-state index is -0.873. The molecule has 1 atom stereocenters. The second-order valence-corrected chi connectivity index (χ2v) is 9.75. The summed E-state index contributed by atoms with van der Waals surface area (Å²) in [7, 11) is 3.18. The SMILES string of the molecule is CCNC(=NCCS(=O)C(C)(C)C)N(C)Cc1cc(Br)cn1C. The Labute approximate surface area is 151 Å². The molecule has 23 heavy (non-hydrogen) atoms. The van der Waals surface area contributed by atoms with Gasteiger partial charge in [0, 0.05) is 58.3 Å². The molecular formula is C16H29BrN4OS. The molecule has 0 saturated heterocycles. The molecule has 0 fully saturated rings. The Morgan fingerprint density at radius 2 is 2.13 bits per heavy atom. The van der Waals surface area contributed by atoms with Gasteiger partial charge in [0.1, 0.15) is 0 Å². The van der Waals surface area contributed by atoms with Gasteiger partial charge in [0.15, 0.2) is 5.96 Å². The number of nitrogens with zero attached hydrogens (tertiary/aromatic N) is 3. The summed E-state index contributed by atoms with van der Waals surface area (Å²) in [5, 5.41) is 3.30. The van der Waals surface area contributed by atoms with Crippen LogP contribution in [0.4, 0.5) is 0 Å². The first-order chi connectivity index (χ1) is 10.6. The smallest absolute Gasteiger partial charge is 0.194 e. The van der Waals surface area contributed by atoms with Crippen LogP contribution in [0.5, 0.6) is 0 Å². The van der Waals surface area contributed by atoms with Crippen LogP contribution in [0.3, 0.4) is 0 Å². The highest BCUT2D eigenvalue weighted by molar-refractivity contribution is 9.10. The number of rotatable bonds is 6. The normalized spacial score (nSPS) is 14.0. The monoisotopic (exact) mass is 404 g/mol. The minimum Gasteiger partial charge on any atom is -0.357 e. The standard InChI is InChI=1S/C16H29BrN4OS/c1-7-18-15(19-8-9-23(22)16(2,3)4)21(6)12-14-10-13(17)11-20(14)5/h10-11H,7-9,12H2,1-6H3,(H,18,19). The number of aliphatic imine (C=N–C) groups is 1. The minimum absolute atomic E-state index is 0.185. The molecule has 1 aromatic heterocycles. The zero-order valence-electron chi connectivity index (χ0n) is 15.0. The second-order valence-electron chi connectivity index (χ2n) is 6.51. The summed E-state index contributed by atoms with van der Waals surface area (Å²) >= 11 is 3.50. The van der Waals surface area contributed by atoms with E-state index in [1.165, 1.54) is 5.69 Å². The van der Waals surface area contributed by atoms with Gasteiger partial charge >= 0.3 is 0 Å². The molecule has 1 unspecified atom stereocenters. The fraction of sp³-hybridized carbons (Fsp3) is 0.688. The molecule has 0 aliphatic carbocycles. The van der Waals surface area contributed by atoms with Gasteiger partial charge < -0.3 is 14.8 Å². The molecule has 7 heteroatoms. The third kappa shape index (κ3) is 6.67. The molecule has 0 amide bonds. The van der Waals surface area contributed by atoms with Gasteiger partial charge in [-0.05, 0) is 49.7 Å². The summed E-state index contributed by atoms with van der Waals surface area (Å²) < 4.78 is 15.1. The molecule has 132 valence electrons. The van der Waals surface area contributed by atoms with E-state index in [1.807, 2.05) is 41.1 Å². The molecule has 1 heterocycles. The number of aryl methyl sites for hydroxylation is 1. The fourth-order valence-corrected chi connectivity index (χ4v) is 3.49. The lowest BCUT2D eigenvalue weighted by Gasteiger charge is -2.23. The zero-order valence-corrected chi connectivity index (χ0v) is 17.4. The van der Waals surface area contributed by atoms with Crippen LogP contribution in [-0.2, 0) is 24.4 Å². The van der Waals surface area contributed by atoms with Crippen molar-refractivity contribution in [2.24, 2.45) is 12.0 Å². The van der Waals surface area contributed by atoms with Crippen LogP contribution in [0.15, 0.2) is 21.7 Å². The van der Waals surface area contributed by atoms with Crippen molar-refractivity contribution in [3.63, 3.8) is 0 Å². The third-order valence-electron chi connectivity index (χ3n) is 3.39. The number of guanidine groups is 1. The Balaban J connectivity index is 2.70. The van der Waals surface area contributed by atoms with Crippen molar-refractivity contribution in [1.82, 2.24) is 14.8 Å². The van der Waals surface area contributed by atoms with Gasteiger partial charge in [0.2, 0.25) is 0 Å². The molecule has 0 spiro atoms. The van der Waals surface area contributed by atoms with Crippen molar-refractivity contribution in [1.29, 1.82) is 0 Å². The van der Waals surface area contributed by atoms with Crippen molar-refractivity contribution in [3.05, 3.63) is 22.4 Å². The molecule has 0 saturated carbocycles. The number of aromatic nitrogens is 1. The maximum Gasteiger partial charge on any atom is 0.194 e. The van der Waals surface area contributed by atoms with E-state index in [2.05, 4.69) is 48.7 Å².